The highest BCUT2D eigenvalue weighted by atomic mass is 16.5. The van der Waals surface area contributed by atoms with Gasteiger partial charge in [-0.25, -0.2) is 0 Å². The molecule has 10 heavy (non-hydrogen) atoms. The van der Waals surface area contributed by atoms with Crippen LogP contribution >= 0.6 is 0 Å². The molecule has 0 aliphatic carbocycles. The van der Waals surface area contributed by atoms with Gasteiger partial charge in [-0.1, -0.05) is 0 Å². The third-order valence-corrected chi connectivity index (χ3v) is 0.847. The zero-order chi connectivity index (χ0) is 8.20. The van der Waals surface area contributed by atoms with E-state index in [1.807, 2.05) is 20.8 Å². The van der Waals surface area contributed by atoms with Gasteiger partial charge in [0.15, 0.2) is 0 Å². The molecule has 3 nitrogen and oxygen atoms in total. The van der Waals surface area contributed by atoms with E-state index in [-0.39, 0.29) is 12.2 Å². The fourth-order valence-electron chi connectivity index (χ4n) is 0.374. The van der Waals surface area contributed by atoms with E-state index in [2.05, 4.69) is 0 Å². The van der Waals surface area contributed by atoms with Gasteiger partial charge in [0.1, 0.15) is 0 Å². The quantitative estimate of drug-likeness (QED) is 0.617. The van der Waals surface area contributed by atoms with Crippen LogP contribution in [-0.4, -0.2) is 24.5 Å². The van der Waals surface area contributed by atoms with E-state index < -0.39 is 6.04 Å². The summed E-state index contributed by atoms with van der Waals surface area (Å²) in [5.41, 5.74) is 5.00. The van der Waals surface area contributed by atoms with Crippen LogP contribution in [0.3, 0.4) is 0 Å². The summed E-state index contributed by atoms with van der Waals surface area (Å²) in [6, 6.07) is -0.612. The van der Waals surface area contributed by atoms with Gasteiger partial charge in [0.25, 0.3) is 0 Å². The molecule has 1 radical (unpaired) electrons. The van der Waals surface area contributed by atoms with Gasteiger partial charge in [-0.3, -0.25) is 4.79 Å². The van der Waals surface area contributed by atoms with Gasteiger partial charge in [-0.15, -0.1) is 0 Å². The highest BCUT2D eigenvalue weighted by Crippen LogP contribution is 2.05. The van der Waals surface area contributed by atoms with Crippen LogP contribution < -0.4 is 5.73 Å². The number of rotatable bonds is 3. The van der Waals surface area contributed by atoms with Gasteiger partial charge >= 0.3 is 0 Å². The first-order valence-corrected chi connectivity index (χ1v) is 3.23. The SMILES string of the molecule is CC(C)(C)OC[C@@H](N)[C]=O. The van der Waals surface area contributed by atoms with Crippen molar-refractivity contribution in [2.24, 2.45) is 5.73 Å². The Balaban J connectivity index is 3.45. The maximum absolute atomic E-state index is 9.89. The molecular formula is C7H14NO2. The average molecular weight is 144 g/mol. The summed E-state index contributed by atoms with van der Waals surface area (Å²) in [6.07, 6.45) is 1.64. The van der Waals surface area contributed by atoms with Gasteiger partial charge < -0.3 is 10.5 Å². The molecule has 3 heteroatoms. The Hall–Kier alpha value is -0.410. The predicted molar refractivity (Wildman–Crippen MR) is 39.4 cm³/mol. The van der Waals surface area contributed by atoms with E-state index in [1.165, 1.54) is 0 Å². The Bertz CT molecular complexity index is 107. The topological polar surface area (TPSA) is 52.3 Å². The molecule has 0 aliphatic heterocycles. The molecule has 0 saturated heterocycles. The maximum atomic E-state index is 9.89. The molecule has 0 fully saturated rings. The lowest BCUT2D eigenvalue weighted by molar-refractivity contribution is -0.00349. The zero-order valence-corrected chi connectivity index (χ0v) is 6.68. The van der Waals surface area contributed by atoms with Crippen molar-refractivity contribution >= 4 is 6.29 Å². The van der Waals surface area contributed by atoms with E-state index in [0.717, 1.165) is 0 Å². The number of hydrogen-bond donors (Lipinski definition) is 1. The van der Waals surface area contributed by atoms with Crippen molar-refractivity contribution in [2.75, 3.05) is 6.61 Å². The van der Waals surface area contributed by atoms with Crippen LogP contribution in [0.1, 0.15) is 20.8 Å². The molecule has 0 heterocycles. The summed E-state index contributed by atoms with van der Waals surface area (Å²) in [7, 11) is 0. The highest BCUT2D eigenvalue weighted by molar-refractivity contribution is 5.58. The normalized spacial score (nSPS) is 14.8. The standard InChI is InChI=1S/C7H14NO2/c1-7(2,3)10-5-6(8)4-9/h6H,5,8H2,1-3H3/t6-/m0/s1. The molecule has 0 saturated carbocycles. The maximum Gasteiger partial charge on any atom is 0.219 e. The van der Waals surface area contributed by atoms with Crippen molar-refractivity contribution in [2.45, 2.75) is 32.4 Å². The minimum absolute atomic E-state index is 0.228. The van der Waals surface area contributed by atoms with Crippen LogP contribution in [0.15, 0.2) is 0 Å². The second-order valence-electron chi connectivity index (χ2n) is 3.15. The van der Waals surface area contributed by atoms with Crippen LogP contribution in [0.2, 0.25) is 0 Å². The summed E-state index contributed by atoms with van der Waals surface area (Å²) in [6.45, 7) is 5.96. The Kier molecular flexibility index (Phi) is 3.53. The lowest BCUT2D eigenvalue weighted by Gasteiger charge is -2.19. The molecule has 0 aromatic rings. The van der Waals surface area contributed by atoms with Crippen LogP contribution in [0.25, 0.3) is 0 Å². The molecule has 2 N–H and O–H groups in total. The van der Waals surface area contributed by atoms with E-state index >= 15 is 0 Å². The fraction of sp³-hybridized carbons (Fsp3) is 0.857. The second-order valence-corrected chi connectivity index (χ2v) is 3.15. The molecule has 0 aliphatic rings. The van der Waals surface area contributed by atoms with Gasteiger partial charge in [0.05, 0.1) is 18.2 Å². The van der Waals surface area contributed by atoms with Gasteiger partial charge in [0, 0.05) is 0 Å². The van der Waals surface area contributed by atoms with E-state index in [4.69, 9.17) is 10.5 Å². The van der Waals surface area contributed by atoms with Crippen molar-refractivity contribution in [1.29, 1.82) is 0 Å². The highest BCUT2D eigenvalue weighted by Gasteiger charge is 2.12. The number of carbonyl (C=O) groups excluding carboxylic acids is 1. The van der Waals surface area contributed by atoms with Crippen molar-refractivity contribution in [3.63, 3.8) is 0 Å². The summed E-state index contributed by atoms with van der Waals surface area (Å²) in [4.78, 5) is 9.89. The van der Waals surface area contributed by atoms with Crippen LogP contribution in [-0.2, 0) is 9.53 Å². The van der Waals surface area contributed by atoms with E-state index in [1.54, 1.807) is 6.29 Å². The molecule has 0 aromatic carbocycles. The summed E-state index contributed by atoms with van der Waals surface area (Å²) < 4.78 is 5.19. The Morgan fingerprint density at radius 2 is 2.10 bits per heavy atom. The van der Waals surface area contributed by atoms with Crippen molar-refractivity contribution in [3.05, 3.63) is 0 Å². The summed E-state index contributed by atoms with van der Waals surface area (Å²) >= 11 is 0. The Labute approximate surface area is 61.5 Å². The largest absolute Gasteiger partial charge is 0.374 e. The Morgan fingerprint density at radius 3 is 2.40 bits per heavy atom. The first kappa shape index (κ1) is 9.59. The van der Waals surface area contributed by atoms with Crippen molar-refractivity contribution < 1.29 is 9.53 Å². The van der Waals surface area contributed by atoms with Crippen LogP contribution in [0, 0.1) is 0 Å². The first-order chi connectivity index (χ1) is 4.45. The minimum Gasteiger partial charge on any atom is -0.374 e. The number of ether oxygens (including phenoxy) is 1. The molecule has 0 aromatic heterocycles. The summed E-state index contributed by atoms with van der Waals surface area (Å²) in [5, 5.41) is 0. The third kappa shape index (κ3) is 5.72. The van der Waals surface area contributed by atoms with Gasteiger partial charge in [-0.05, 0) is 20.8 Å². The average Bonchev–Trinajstić information content (AvgIpc) is 1.81. The van der Waals surface area contributed by atoms with E-state index in [0.29, 0.717) is 0 Å². The lowest BCUT2D eigenvalue weighted by atomic mass is 10.2. The Morgan fingerprint density at radius 1 is 1.60 bits per heavy atom. The number of hydrogen-bond acceptors (Lipinski definition) is 3. The van der Waals surface area contributed by atoms with Crippen molar-refractivity contribution in [1.82, 2.24) is 0 Å². The van der Waals surface area contributed by atoms with Crippen molar-refractivity contribution in [3.8, 4) is 0 Å². The fourth-order valence-corrected chi connectivity index (χ4v) is 0.374. The molecule has 0 bridgehead atoms. The van der Waals surface area contributed by atoms with Gasteiger partial charge in [-0.2, -0.15) is 0 Å². The second kappa shape index (κ2) is 3.68. The van der Waals surface area contributed by atoms with Crippen LogP contribution in [0.5, 0.6) is 0 Å². The molecule has 0 unspecified atom stereocenters. The molecule has 1 atom stereocenters. The lowest BCUT2D eigenvalue weighted by Crippen LogP contribution is -2.32. The first-order valence-electron chi connectivity index (χ1n) is 3.23. The monoisotopic (exact) mass is 144 g/mol. The summed E-state index contributed by atoms with van der Waals surface area (Å²) in [5.74, 6) is 0. The zero-order valence-electron chi connectivity index (χ0n) is 6.68. The number of nitrogens with two attached hydrogens (primary N) is 1. The molecule has 0 spiro atoms. The van der Waals surface area contributed by atoms with Crippen LogP contribution in [0.4, 0.5) is 0 Å². The predicted octanol–water partition coefficient (Wildman–Crippen LogP) is 0.239. The molecule has 0 rings (SSSR count). The molecular weight excluding hydrogens is 130 g/mol. The smallest absolute Gasteiger partial charge is 0.219 e. The van der Waals surface area contributed by atoms with Gasteiger partial charge in [0.2, 0.25) is 6.29 Å². The molecule has 59 valence electrons. The molecule has 0 amide bonds. The third-order valence-electron chi connectivity index (χ3n) is 0.847. The van der Waals surface area contributed by atoms with E-state index in [9.17, 15) is 4.79 Å². The minimum atomic E-state index is -0.612.